The Labute approximate surface area is 184 Å². The van der Waals surface area contributed by atoms with Crippen LogP contribution in [-0.2, 0) is 4.79 Å². The first kappa shape index (κ1) is 20.9. The Kier molecular flexibility index (Phi) is 6.22. The van der Waals surface area contributed by atoms with E-state index in [2.05, 4.69) is 15.5 Å². The number of amides is 1. The van der Waals surface area contributed by atoms with E-state index in [0.29, 0.717) is 34.8 Å². The molecule has 4 rings (SSSR count). The van der Waals surface area contributed by atoms with Crippen LogP contribution in [0.1, 0.15) is 24.6 Å². The van der Waals surface area contributed by atoms with Crippen molar-refractivity contribution in [3.63, 3.8) is 0 Å². The second-order valence-electron chi connectivity index (χ2n) is 6.91. The molecule has 1 amide bonds. The fourth-order valence-electron chi connectivity index (χ4n) is 3.18. The maximum absolute atomic E-state index is 12.9. The standard InChI is InChI=1S/C22H22N4O4S/c1-3-12-30-17-7-5-4-6-16(17)23-21(28)18-13-19(27)26-20(24-25-22(26)31-18)14-8-10-15(29-2)11-9-14/h4-11,18H,3,12-13H2,1-2H3,(H,23,28)/t18-/m1/s1. The molecule has 1 atom stereocenters. The highest BCUT2D eigenvalue weighted by molar-refractivity contribution is 8.00. The molecular weight excluding hydrogens is 416 g/mol. The molecule has 0 radical (unpaired) electrons. The largest absolute Gasteiger partial charge is 0.497 e. The Morgan fingerprint density at radius 3 is 2.71 bits per heavy atom. The van der Waals surface area contributed by atoms with Gasteiger partial charge >= 0.3 is 0 Å². The van der Waals surface area contributed by atoms with Crippen molar-refractivity contribution in [1.82, 2.24) is 14.8 Å². The number of hydrogen-bond acceptors (Lipinski definition) is 7. The van der Waals surface area contributed by atoms with Crippen molar-refractivity contribution in [1.29, 1.82) is 0 Å². The first-order valence-electron chi connectivity index (χ1n) is 9.93. The van der Waals surface area contributed by atoms with Crippen LogP contribution in [0.15, 0.2) is 53.7 Å². The lowest BCUT2D eigenvalue weighted by atomic mass is 10.2. The maximum atomic E-state index is 12.9. The van der Waals surface area contributed by atoms with E-state index < -0.39 is 5.25 Å². The fourth-order valence-corrected chi connectivity index (χ4v) is 4.21. The van der Waals surface area contributed by atoms with E-state index >= 15 is 0 Å². The Bertz CT molecular complexity index is 1100. The van der Waals surface area contributed by atoms with Crippen molar-refractivity contribution in [2.45, 2.75) is 30.2 Å². The Morgan fingerprint density at radius 1 is 1.19 bits per heavy atom. The summed E-state index contributed by atoms with van der Waals surface area (Å²) in [6.45, 7) is 2.57. The zero-order valence-corrected chi connectivity index (χ0v) is 18.0. The number of fused-ring (bicyclic) bond motifs is 1. The molecule has 2 aromatic carbocycles. The molecular formula is C22H22N4O4S. The number of hydrogen-bond donors (Lipinski definition) is 1. The van der Waals surface area contributed by atoms with Crippen LogP contribution in [0, 0.1) is 0 Å². The molecule has 0 spiro atoms. The summed E-state index contributed by atoms with van der Waals surface area (Å²) >= 11 is 1.23. The smallest absolute Gasteiger partial charge is 0.238 e. The Hall–Kier alpha value is -3.33. The predicted molar refractivity (Wildman–Crippen MR) is 118 cm³/mol. The number of rotatable bonds is 7. The van der Waals surface area contributed by atoms with Gasteiger partial charge in [-0.3, -0.25) is 9.59 Å². The van der Waals surface area contributed by atoms with Crippen molar-refractivity contribution >= 4 is 29.3 Å². The summed E-state index contributed by atoms with van der Waals surface area (Å²) < 4.78 is 12.3. The molecule has 0 aliphatic carbocycles. The normalized spacial score (nSPS) is 15.3. The number of carbonyl (C=O) groups excluding carboxylic acids is 2. The highest BCUT2D eigenvalue weighted by Crippen LogP contribution is 2.35. The van der Waals surface area contributed by atoms with Crippen LogP contribution < -0.4 is 14.8 Å². The third kappa shape index (κ3) is 4.41. The Morgan fingerprint density at radius 2 is 1.97 bits per heavy atom. The molecule has 0 fully saturated rings. The number of anilines is 1. The average Bonchev–Trinajstić information content (AvgIpc) is 3.23. The molecule has 9 heteroatoms. The summed E-state index contributed by atoms with van der Waals surface area (Å²) in [4.78, 5) is 25.8. The van der Waals surface area contributed by atoms with Gasteiger partial charge in [0, 0.05) is 12.0 Å². The maximum Gasteiger partial charge on any atom is 0.238 e. The van der Waals surface area contributed by atoms with Crippen molar-refractivity contribution in [3.8, 4) is 22.9 Å². The van der Waals surface area contributed by atoms with Gasteiger partial charge in [0.05, 0.1) is 19.4 Å². The molecule has 1 aliphatic heterocycles. The third-order valence-corrected chi connectivity index (χ3v) is 5.88. The quantitative estimate of drug-likeness (QED) is 0.598. The lowest BCUT2D eigenvalue weighted by Gasteiger charge is -2.21. The molecule has 160 valence electrons. The van der Waals surface area contributed by atoms with Gasteiger partial charge < -0.3 is 14.8 Å². The second-order valence-corrected chi connectivity index (χ2v) is 8.08. The minimum absolute atomic E-state index is 0.0443. The van der Waals surface area contributed by atoms with Gasteiger partial charge in [0.2, 0.25) is 11.8 Å². The monoisotopic (exact) mass is 438 g/mol. The molecule has 31 heavy (non-hydrogen) atoms. The zero-order valence-electron chi connectivity index (χ0n) is 17.2. The third-order valence-electron chi connectivity index (χ3n) is 4.74. The van der Waals surface area contributed by atoms with Gasteiger partial charge in [0.25, 0.3) is 0 Å². The van der Waals surface area contributed by atoms with Crippen molar-refractivity contribution in [3.05, 3.63) is 48.5 Å². The lowest BCUT2D eigenvalue weighted by molar-refractivity contribution is -0.115. The molecule has 0 saturated heterocycles. The number of aromatic nitrogens is 3. The van der Waals surface area contributed by atoms with Gasteiger partial charge in [-0.1, -0.05) is 30.8 Å². The fraction of sp³-hybridized carbons (Fsp3) is 0.273. The number of nitrogens with zero attached hydrogens (tertiary/aromatic N) is 3. The van der Waals surface area contributed by atoms with Crippen LogP contribution in [0.5, 0.6) is 11.5 Å². The summed E-state index contributed by atoms with van der Waals surface area (Å²) in [5.74, 6) is 1.27. The summed E-state index contributed by atoms with van der Waals surface area (Å²) in [6, 6.07) is 14.5. The highest BCUT2D eigenvalue weighted by Gasteiger charge is 2.34. The number of carbonyl (C=O) groups is 2. The minimum Gasteiger partial charge on any atom is -0.497 e. The van der Waals surface area contributed by atoms with Crippen LogP contribution in [0.2, 0.25) is 0 Å². The molecule has 3 aromatic rings. The molecule has 1 N–H and O–H groups in total. The first-order valence-corrected chi connectivity index (χ1v) is 10.8. The zero-order chi connectivity index (χ0) is 21.8. The minimum atomic E-state index is -0.604. The molecule has 1 aliphatic rings. The van der Waals surface area contributed by atoms with E-state index in [4.69, 9.17) is 9.47 Å². The summed E-state index contributed by atoms with van der Waals surface area (Å²) in [7, 11) is 1.59. The van der Waals surface area contributed by atoms with Crippen LogP contribution in [-0.4, -0.2) is 45.5 Å². The first-order chi connectivity index (χ1) is 15.1. The average molecular weight is 439 g/mol. The van der Waals surface area contributed by atoms with Crippen LogP contribution in [0.3, 0.4) is 0 Å². The lowest BCUT2D eigenvalue weighted by Crippen LogP contribution is -2.33. The number of benzene rings is 2. The van der Waals surface area contributed by atoms with E-state index in [1.807, 2.05) is 37.3 Å². The molecule has 0 bridgehead atoms. The van der Waals surface area contributed by atoms with E-state index in [-0.39, 0.29) is 18.2 Å². The van der Waals surface area contributed by atoms with E-state index in [0.717, 1.165) is 12.0 Å². The number of nitrogens with one attached hydrogen (secondary N) is 1. The van der Waals surface area contributed by atoms with Gasteiger partial charge in [0.15, 0.2) is 11.0 Å². The number of ether oxygens (including phenoxy) is 2. The van der Waals surface area contributed by atoms with Crippen LogP contribution >= 0.6 is 11.8 Å². The van der Waals surface area contributed by atoms with E-state index in [1.54, 1.807) is 25.3 Å². The van der Waals surface area contributed by atoms with Gasteiger partial charge in [-0.15, -0.1) is 10.2 Å². The summed E-state index contributed by atoms with van der Waals surface area (Å²) in [6.07, 6.45) is 0.907. The molecule has 0 unspecified atom stereocenters. The number of para-hydroxylation sites is 2. The van der Waals surface area contributed by atoms with Gasteiger partial charge in [-0.25, -0.2) is 4.57 Å². The van der Waals surface area contributed by atoms with Gasteiger partial charge in [0.1, 0.15) is 16.7 Å². The van der Waals surface area contributed by atoms with Gasteiger partial charge in [-0.05, 0) is 42.8 Å². The molecule has 2 heterocycles. The Balaban J connectivity index is 1.52. The summed E-state index contributed by atoms with van der Waals surface area (Å²) in [5, 5.41) is 11.0. The van der Waals surface area contributed by atoms with E-state index in [1.165, 1.54) is 16.3 Å². The molecule has 8 nitrogen and oxygen atoms in total. The number of thioether (sulfide) groups is 1. The topological polar surface area (TPSA) is 95.3 Å². The number of methoxy groups -OCH3 is 1. The van der Waals surface area contributed by atoms with Crippen molar-refractivity contribution < 1.29 is 19.1 Å². The van der Waals surface area contributed by atoms with Crippen LogP contribution in [0.4, 0.5) is 5.69 Å². The van der Waals surface area contributed by atoms with Gasteiger partial charge in [-0.2, -0.15) is 0 Å². The van der Waals surface area contributed by atoms with Crippen LogP contribution in [0.25, 0.3) is 11.4 Å². The van der Waals surface area contributed by atoms with E-state index in [9.17, 15) is 9.59 Å². The van der Waals surface area contributed by atoms with Crippen molar-refractivity contribution in [2.75, 3.05) is 19.0 Å². The molecule has 1 aromatic heterocycles. The summed E-state index contributed by atoms with van der Waals surface area (Å²) in [5.41, 5.74) is 1.33. The highest BCUT2D eigenvalue weighted by atomic mass is 32.2. The SMILES string of the molecule is CCCOc1ccccc1NC(=O)[C@H]1CC(=O)n2c(nnc2-c2ccc(OC)cc2)S1. The molecule has 0 saturated carbocycles. The second kappa shape index (κ2) is 9.22. The van der Waals surface area contributed by atoms with Crippen molar-refractivity contribution in [2.24, 2.45) is 0 Å². The predicted octanol–water partition coefficient (Wildman–Crippen LogP) is 3.89.